The normalized spacial score (nSPS) is 21.3. The van der Waals surface area contributed by atoms with Crippen LogP contribution < -0.4 is 26.0 Å². The van der Waals surface area contributed by atoms with Gasteiger partial charge in [0.25, 0.3) is 0 Å². The third-order valence-corrected chi connectivity index (χ3v) is 9.78. The summed E-state index contributed by atoms with van der Waals surface area (Å²) in [6.45, 7) is 1.79. The van der Waals surface area contributed by atoms with Gasteiger partial charge in [-0.25, -0.2) is 9.48 Å². The van der Waals surface area contributed by atoms with Crippen LogP contribution in [0.2, 0.25) is 0 Å². The highest BCUT2D eigenvalue weighted by Crippen LogP contribution is 2.29. The molecule has 1 saturated heterocycles. The first kappa shape index (κ1) is 37.7. The number of carboxylic acids is 1. The standard InChI is InChI=1S/C39H44N8O7/c1-24(40-2)35(48)42-32(18-26-12-7-4-8-13-26)38(51)46-22-29-20-34(46)37(50)41-31(17-25-10-5-3-6-11-25)36(49)43-33(39(52)53)19-27-14-9-15-30(16-27)54-23-28-21-47(29)45-44-28/h3-16,21,24,29,31-34,40H,17-20,22-23H2,1-2H3,(H,41,50)(H,42,48)(H,43,49)(H,52,53). The summed E-state index contributed by atoms with van der Waals surface area (Å²) in [7, 11) is 1.64. The smallest absolute Gasteiger partial charge is 0.326 e. The van der Waals surface area contributed by atoms with Gasteiger partial charge in [-0.3, -0.25) is 19.2 Å². The molecule has 2 aliphatic heterocycles. The lowest BCUT2D eigenvalue weighted by Crippen LogP contribution is -2.58. The van der Waals surface area contributed by atoms with E-state index in [0.29, 0.717) is 17.0 Å². The van der Waals surface area contributed by atoms with Crippen molar-refractivity contribution < 1.29 is 33.8 Å². The molecular weight excluding hydrogens is 692 g/mol. The Balaban J connectivity index is 1.37. The zero-order valence-electron chi connectivity index (χ0n) is 30.1. The summed E-state index contributed by atoms with van der Waals surface area (Å²) in [6.07, 6.45) is 2.00. The number of ether oxygens (including phenoxy) is 1. The van der Waals surface area contributed by atoms with E-state index in [1.807, 2.05) is 36.4 Å². The van der Waals surface area contributed by atoms with Crippen LogP contribution in [0.25, 0.3) is 0 Å². The van der Waals surface area contributed by atoms with Crippen LogP contribution in [0, 0.1) is 0 Å². The Morgan fingerprint density at radius 1 is 0.963 bits per heavy atom. The number of amides is 4. The largest absolute Gasteiger partial charge is 0.487 e. The molecule has 0 spiro atoms. The topological polar surface area (TPSA) is 197 Å². The van der Waals surface area contributed by atoms with Crippen molar-refractivity contribution in [1.82, 2.24) is 41.2 Å². The minimum absolute atomic E-state index is 0.0479. The quantitative estimate of drug-likeness (QED) is 0.167. The number of likely N-dealkylation sites (N-methyl/N-ethyl adjacent to an activating group) is 1. The first-order valence-corrected chi connectivity index (χ1v) is 17.9. The average molecular weight is 737 g/mol. The van der Waals surface area contributed by atoms with E-state index in [4.69, 9.17) is 4.74 Å². The zero-order valence-corrected chi connectivity index (χ0v) is 30.1. The fourth-order valence-corrected chi connectivity index (χ4v) is 6.69. The number of carbonyl (C=O) groups excluding carboxylic acids is 4. The molecule has 4 aromatic rings. The summed E-state index contributed by atoms with van der Waals surface area (Å²) in [4.78, 5) is 70.0. The molecule has 15 heteroatoms. The van der Waals surface area contributed by atoms with Gasteiger partial charge in [0, 0.05) is 32.2 Å². The second-order valence-corrected chi connectivity index (χ2v) is 13.6. The molecule has 4 amide bonds. The van der Waals surface area contributed by atoms with E-state index in [2.05, 4.69) is 31.6 Å². The molecule has 5 N–H and O–H groups in total. The maximum Gasteiger partial charge on any atom is 0.326 e. The summed E-state index contributed by atoms with van der Waals surface area (Å²) in [5.74, 6) is -2.96. The monoisotopic (exact) mass is 736 g/mol. The maximum atomic E-state index is 14.6. The number of aliphatic carboxylic acids is 1. The molecule has 2 aliphatic rings. The first-order chi connectivity index (χ1) is 26.1. The van der Waals surface area contributed by atoms with Crippen molar-refractivity contribution in [2.75, 3.05) is 13.6 Å². The highest BCUT2D eigenvalue weighted by atomic mass is 16.5. The van der Waals surface area contributed by atoms with Gasteiger partial charge in [0.1, 0.15) is 42.2 Å². The molecule has 0 aliphatic carbocycles. The zero-order chi connectivity index (χ0) is 38.2. The van der Waals surface area contributed by atoms with Crippen LogP contribution in [-0.4, -0.2) is 98.4 Å². The van der Waals surface area contributed by atoms with Gasteiger partial charge in [0.15, 0.2) is 0 Å². The lowest BCUT2D eigenvalue weighted by molar-refractivity contribution is -0.143. The van der Waals surface area contributed by atoms with E-state index < -0.39 is 59.9 Å². The number of nitrogens with one attached hydrogen (secondary N) is 4. The highest BCUT2D eigenvalue weighted by molar-refractivity contribution is 5.96. The van der Waals surface area contributed by atoms with E-state index in [9.17, 15) is 29.1 Å². The van der Waals surface area contributed by atoms with Crippen molar-refractivity contribution in [2.45, 2.75) is 75.5 Å². The van der Waals surface area contributed by atoms with Crippen molar-refractivity contribution in [2.24, 2.45) is 0 Å². The third-order valence-electron chi connectivity index (χ3n) is 9.78. The van der Waals surface area contributed by atoms with Crippen LogP contribution in [0.5, 0.6) is 5.75 Å². The number of fused-ring (bicyclic) bond motifs is 7. The van der Waals surface area contributed by atoms with Crippen molar-refractivity contribution in [3.8, 4) is 5.75 Å². The number of nitrogens with zero attached hydrogens (tertiary/aromatic N) is 4. The summed E-state index contributed by atoms with van der Waals surface area (Å²) in [5, 5.41) is 30.0. The van der Waals surface area contributed by atoms with Crippen LogP contribution in [0.15, 0.2) is 91.1 Å². The van der Waals surface area contributed by atoms with Gasteiger partial charge in [0.2, 0.25) is 23.6 Å². The average Bonchev–Trinajstić information content (AvgIpc) is 3.84. The molecule has 0 saturated carbocycles. The Bertz CT molecular complexity index is 1960. The SMILES string of the molecule is CNC(C)C(=O)NC(Cc1ccccc1)C(=O)N1CC2CC1C(=O)NC(Cc1ccccc1)C(=O)NC(C(=O)O)Cc1cccc(c1)OCc1cn2nn1. The number of aromatic nitrogens is 3. The summed E-state index contributed by atoms with van der Waals surface area (Å²) in [6, 6.07) is 19.5. The molecule has 6 atom stereocenters. The van der Waals surface area contributed by atoms with Gasteiger partial charge in [-0.05, 0) is 42.8 Å². The number of benzene rings is 3. The molecule has 3 aromatic carbocycles. The van der Waals surface area contributed by atoms with Crippen LogP contribution in [0.1, 0.15) is 41.8 Å². The second-order valence-electron chi connectivity index (χ2n) is 13.6. The van der Waals surface area contributed by atoms with Gasteiger partial charge >= 0.3 is 5.97 Å². The van der Waals surface area contributed by atoms with Gasteiger partial charge < -0.3 is 36.0 Å². The number of hydrogen-bond donors (Lipinski definition) is 5. The molecular formula is C39H44N8O7. The molecule has 282 valence electrons. The third kappa shape index (κ3) is 9.28. The minimum Gasteiger partial charge on any atom is -0.487 e. The molecule has 15 nitrogen and oxygen atoms in total. The van der Waals surface area contributed by atoms with Crippen molar-refractivity contribution in [1.29, 1.82) is 0 Å². The Morgan fingerprint density at radius 2 is 1.69 bits per heavy atom. The van der Waals surface area contributed by atoms with E-state index >= 15 is 0 Å². The predicted molar refractivity (Wildman–Crippen MR) is 196 cm³/mol. The van der Waals surface area contributed by atoms with Crippen LogP contribution in [-0.2, 0) is 49.8 Å². The summed E-state index contributed by atoms with van der Waals surface area (Å²) < 4.78 is 7.58. The van der Waals surface area contributed by atoms with E-state index in [1.165, 1.54) is 4.90 Å². The van der Waals surface area contributed by atoms with Gasteiger partial charge in [-0.2, -0.15) is 0 Å². The number of carbonyl (C=O) groups is 5. The second kappa shape index (κ2) is 17.2. The summed E-state index contributed by atoms with van der Waals surface area (Å²) in [5.41, 5.74) is 2.65. The van der Waals surface area contributed by atoms with Crippen molar-refractivity contribution in [3.05, 3.63) is 114 Å². The molecule has 3 heterocycles. The van der Waals surface area contributed by atoms with Gasteiger partial charge in [-0.15, -0.1) is 5.10 Å². The molecule has 6 bridgehead atoms. The maximum absolute atomic E-state index is 14.6. The van der Waals surface area contributed by atoms with E-state index in [-0.39, 0.29) is 44.7 Å². The highest BCUT2D eigenvalue weighted by Gasteiger charge is 2.44. The molecule has 0 radical (unpaired) electrons. The fourth-order valence-electron chi connectivity index (χ4n) is 6.69. The molecule has 6 rings (SSSR count). The van der Waals surface area contributed by atoms with Crippen molar-refractivity contribution in [3.63, 3.8) is 0 Å². The van der Waals surface area contributed by atoms with Crippen LogP contribution in [0.3, 0.4) is 0 Å². The number of carboxylic acid groups (broad SMARTS) is 1. The Kier molecular flexibility index (Phi) is 12.0. The van der Waals surface area contributed by atoms with Crippen LogP contribution >= 0.6 is 0 Å². The Hall–Kier alpha value is -6.09. The lowest BCUT2D eigenvalue weighted by Gasteiger charge is -2.30. The number of hydrogen-bond acceptors (Lipinski definition) is 9. The summed E-state index contributed by atoms with van der Waals surface area (Å²) >= 11 is 0. The fraction of sp³-hybridized carbons (Fsp3) is 0.359. The molecule has 6 unspecified atom stereocenters. The minimum atomic E-state index is -1.32. The van der Waals surface area contributed by atoms with Crippen LogP contribution in [0.4, 0.5) is 0 Å². The van der Waals surface area contributed by atoms with E-state index in [1.54, 1.807) is 73.4 Å². The predicted octanol–water partition coefficient (Wildman–Crippen LogP) is 1.19. The molecule has 1 aromatic heterocycles. The lowest BCUT2D eigenvalue weighted by atomic mass is 10.0. The van der Waals surface area contributed by atoms with E-state index in [0.717, 1.165) is 11.1 Å². The van der Waals surface area contributed by atoms with Gasteiger partial charge in [-0.1, -0.05) is 78.0 Å². The molecule has 1 fully saturated rings. The Morgan fingerprint density at radius 3 is 2.39 bits per heavy atom. The van der Waals surface area contributed by atoms with Crippen molar-refractivity contribution >= 4 is 29.6 Å². The van der Waals surface area contributed by atoms with Gasteiger partial charge in [0.05, 0.1) is 18.3 Å². The molecule has 54 heavy (non-hydrogen) atoms. The number of likely N-dealkylation sites (tertiary alicyclic amines) is 1. The Labute approximate surface area is 312 Å². The number of rotatable bonds is 9. The first-order valence-electron chi connectivity index (χ1n) is 17.9.